The van der Waals surface area contributed by atoms with Gasteiger partial charge in [0.15, 0.2) is 0 Å². The number of hydrogen-bond acceptors (Lipinski definition) is 4. The maximum Gasteiger partial charge on any atom is 0.507 e. The maximum atomic E-state index is 8.45. The third kappa shape index (κ3) is 7.35. The Morgan fingerprint density at radius 3 is 1.53 bits per heavy atom. The standard InChI is InChI=1S/C10H23N3O3Si/c1-8(2)14-17(7-12-13-11,15-9(3)4)16-10(5)6/h8-10H,7H2,1-6H3. The van der Waals surface area contributed by atoms with E-state index in [1.165, 1.54) is 0 Å². The topological polar surface area (TPSA) is 76.5 Å². The molecule has 0 saturated carbocycles. The largest absolute Gasteiger partial charge is 0.507 e. The molecule has 0 aliphatic heterocycles. The average molecular weight is 261 g/mol. The zero-order valence-electron chi connectivity index (χ0n) is 11.5. The summed E-state index contributed by atoms with van der Waals surface area (Å²) >= 11 is 0. The number of hydrogen-bond donors (Lipinski definition) is 0. The average Bonchev–Trinajstić information content (AvgIpc) is 2.11. The summed E-state index contributed by atoms with van der Waals surface area (Å²) in [5.74, 6) is 0. The van der Waals surface area contributed by atoms with E-state index in [9.17, 15) is 0 Å². The Hall–Kier alpha value is -0.593. The van der Waals surface area contributed by atoms with E-state index in [4.69, 9.17) is 18.8 Å². The highest BCUT2D eigenvalue weighted by Crippen LogP contribution is 2.18. The molecule has 0 aliphatic carbocycles. The van der Waals surface area contributed by atoms with Crippen LogP contribution in [-0.4, -0.2) is 33.3 Å². The molecule has 0 aromatic heterocycles. The van der Waals surface area contributed by atoms with Crippen LogP contribution in [0, 0.1) is 0 Å². The van der Waals surface area contributed by atoms with Crippen molar-refractivity contribution in [3.05, 3.63) is 10.4 Å². The van der Waals surface area contributed by atoms with E-state index in [2.05, 4.69) is 10.0 Å². The molecule has 17 heavy (non-hydrogen) atoms. The van der Waals surface area contributed by atoms with Crippen LogP contribution < -0.4 is 0 Å². The van der Waals surface area contributed by atoms with E-state index in [0.29, 0.717) is 0 Å². The van der Waals surface area contributed by atoms with Crippen LogP contribution in [0.25, 0.3) is 10.4 Å². The molecule has 0 radical (unpaired) electrons. The van der Waals surface area contributed by atoms with Crippen LogP contribution in [0.2, 0.25) is 0 Å². The molecule has 0 aromatic rings. The number of azide groups is 1. The summed E-state index contributed by atoms with van der Waals surface area (Å²) in [5.41, 5.74) is 8.45. The Balaban J connectivity index is 4.95. The van der Waals surface area contributed by atoms with E-state index in [1.54, 1.807) is 0 Å². The van der Waals surface area contributed by atoms with Gasteiger partial charge in [0.05, 0.1) is 6.17 Å². The molecular formula is C10H23N3O3Si. The van der Waals surface area contributed by atoms with Gasteiger partial charge in [-0.2, -0.15) is 0 Å². The maximum absolute atomic E-state index is 8.45. The lowest BCUT2D eigenvalue weighted by molar-refractivity contribution is 0.00445. The summed E-state index contributed by atoms with van der Waals surface area (Å²) in [4.78, 5) is 2.76. The fourth-order valence-electron chi connectivity index (χ4n) is 1.39. The van der Waals surface area contributed by atoms with Gasteiger partial charge in [-0.15, -0.1) is 0 Å². The Bertz CT molecular complexity index is 239. The summed E-state index contributed by atoms with van der Waals surface area (Å²) in [6.07, 6.45) is 0.0204. The smallest absolute Gasteiger partial charge is 0.371 e. The van der Waals surface area contributed by atoms with E-state index in [1.807, 2.05) is 41.5 Å². The molecule has 0 heterocycles. The molecule has 0 rings (SSSR count). The lowest BCUT2D eigenvalue weighted by atomic mass is 10.5. The molecule has 0 spiro atoms. The van der Waals surface area contributed by atoms with Gasteiger partial charge < -0.3 is 13.3 Å². The van der Waals surface area contributed by atoms with Crippen LogP contribution in [0.4, 0.5) is 0 Å². The van der Waals surface area contributed by atoms with Crippen LogP contribution in [0.3, 0.4) is 0 Å². The van der Waals surface area contributed by atoms with Crippen LogP contribution >= 0.6 is 0 Å². The summed E-state index contributed by atoms with van der Waals surface area (Å²) in [6.45, 7) is 11.4. The molecule has 0 amide bonds. The van der Waals surface area contributed by atoms with Crippen molar-refractivity contribution >= 4 is 8.80 Å². The first kappa shape index (κ1) is 16.4. The SMILES string of the molecule is CC(C)O[Si](CN=[N+]=[N-])(OC(C)C)OC(C)C. The van der Waals surface area contributed by atoms with Crippen LogP contribution in [0.15, 0.2) is 5.11 Å². The minimum absolute atomic E-state index is 0.0342. The molecule has 0 saturated heterocycles. The lowest BCUT2D eigenvalue weighted by Gasteiger charge is -2.33. The Morgan fingerprint density at radius 2 is 1.29 bits per heavy atom. The number of nitrogens with zero attached hydrogens (tertiary/aromatic N) is 3. The van der Waals surface area contributed by atoms with Gasteiger partial charge in [-0.1, -0.05) is 5.11 Å². The molecule has 0 atom stereocenters. The highest BCUT2D eigenvalue weighted by Gasteiger charge is 2.43. The molecule has 7 heteroatoms. The molecule has 0 unspecified atom stereocenters. The van der Waals surface area contributed by atoms with Gasteiger partial charge in [-0.05, 0) is 47.1 Å². The van der Waals surface area contributed by atoms with E-state index < -0.39 is 8.80 Å². The summed E-state index contributed by atoms with van der Waals surface area (Å²) < 4.78 is 17.4. The Kier molecular flexibility index (Phi) is 7.41. The van der Waals surface area contributed by atoms with Crippen molar-refractivity contribution in [1.29, 1.82) is 0 Å². The van der Waals surface area contributed by atoms with Gasteiger partial charge in [0.25, 0.3) is 0 Å². The molecule has 100 valence electrons. The van der Waals surface area contributed by atoms with Gasteiger partial charge in [0.1, 0.15) is 0 Å². The third-order valence-electron chi connectivity index (χ3n) is 1.57. The van der Waals surface area contributed by atoms with Gasteiger partial charge in [-0.3, -0.25) is 0 Å². The van der Waals surface area contributed by atoms with Crippen molar-refractivity contribution in [2.24, 2.45) is 5.11 Å². The highest BCUT2D eigenvalue weighted by atomic mass is 28.4. The fourth-order valence-corrected chi connectivity index (χ4v) is 4.17. The molecule has 0 N–H and O–H groups in total. The van der Waals surface area contributed by atoms with E-state index in [-0.39, 0.29) is 24.5 Å². The molecule has 0 bridgehead atoms. The zero-order chi connectivity index (χ0) is 13.5. The van der Waals surface area contributed by atoms with Crippen LogP contribution in [-0.2, 0) is 13.3 Å². The van der Waals surface area contributed by atoms with Gasteiger partial charge >= 0.3 is 8.80 Å². The Morgan fingerprint density at radius 1 is 0.941 bits per heavy atom. The quantitative estimate of drug-likeness (QED) is 0.291. The predicted octanol–water partition coefficient (Wildman–Crippen LogP) is 3.05. The second kappa shape index (κ2) is 7.68. The minimum atomic E-state index is -2.93. The molecule has 6 nitrogen and oxygen atoms in total. The van der Waals surface area contributed by atoms with Crippen molar-refractivity contribution in [2.45, 2.75) is 59.9 Å². The first-order valence-electron chi connectivity index (χ1n) is 5.85. The highest BCUT2D eigenvalue weighted by molar-refractivity contribution is 6.61. The van der Waals surface area contributed by atoms with Crippen LogP contribution in [0.5, 0.6) is 0 Å². The normalized spacial score (nSPS) is 12.3. The summed E-state index contributed by atoms with van der Waals surface area (Å²) in [7, 11) is -2.93. The monoisotopic (exact) mass is 261 g/mol. The molecule has 0 aromatic carbocycles. The zero-order valence-corrected chi connectivity index (χ0v) is 12.5. The van der Waals surface area contributed by atoms with Gasteiger partial charge in [0.2, 0.25) is 0 Å². The van der Waals surface area contributed by atoms with Gasteiger partial charge in [-0.25, -0.2) is 0 Å². The predicted molar refractivity (Wildman–Crippen MR) is 68.4 cm³/mol. The van der Waals surface area contributed by atoms with Crippen molar-refractivity contribution in [2.75, 3.05) is 6.17 Å². The van der Waals surface area contributed by atoms with Crippen molar-refractivity contribution in [3.63, 3.8) is 0 Å². The summed E-state index contributed by atoms with van der Waals surface area (Å²) in [5, 5.41) is 3.57. The van der Waals surface area contributed by atoms with Crippen molar-refractivity contribution < 1.29 is 13.3 Å². The lowest BCUT2D eigenvalue weighted by Crippen LogP contribution is -2.53. The van der Waals surface area contributed by atoms with Crippen molar-refractivity contribution in [1.82, 2.24) is 0 Å². The second-order valence-corrected chi connectivity index (χ2v) is 6.96. The fraction of sp³-hybridized carbons (Fsp3) is 1.00. The Labute approximate surface area is 104 Å². The number of rotatable bonds is 8. The van der Waals surface area contributed by atoms with E-state index >= 15 is 0 Å². The molecule has 0 aliphatic rings. The minimum Gasteiger partial charge on any atom is -0.371 e. The first-order chi connectivity index (χ1) is 7.81. The van der Waals surface area contributed by atoms with Crippen molar-refractivity contribution in [3.8, 4) is 0 Å². The molecule has 0 fully saturated rings. The third-order valence-corrected chi connectivity index (χ3v) is 4.59. The second-order valence-electron chi connectivity index (χ2n) is 4.57. The van der Waals surface area contributed by atoms with E-state index in [0.717, 1.165) is 0 Å². The van der Waals surface area contributed by atoms with Crippen LogP contribution in [0.1, 0.15) is 41.5 Å². The summed E-state index contributed by atoms with van der Waals surface area (Å²) in [6, 6.07) is 0. The first-order valence-corrected chi connectivity index (χ1v) is 7.79. The van der Waals surface area contributed by atoms with Gasteiger partial charge in [0, 0.05) is 23.2 Å². The molecular weight excluding hydrogens is 238 g/mol.